The summed E-state index contributed by atoms with van der Waals surface area (Å²) in [7, 11) is 4.40. The standard InChI is InChI=1S/C14H30N4/c1-4-5-6-7-8-9-13(16-15)14-12-17(2)10-11-18(14)3/h4,13-14,16H,1,5-12,15H2,2-3H3. The Morgan fingerprint density at radius 2 is 2.11 bits per heavy atom. The van der Waals surface area contributed by atoms with E-state index in [1.54, 1.807) is 0 Å². The number of nitrogens with one attached hydrogen (secondary N) is 1. The fourth-order valence-corrected chi connectivity index (χ4v) is 2.70. The maximum Gasteiger partial charge on any atom is 0.0387 e. The van der Waals surface area contributed by atoms with E-state index in [1.165, 1.54) is 19.3 Å². The van der Waals surface area contributed by atoms with Gasteiger partial charge in [-0.25, -0.2) is 0 Å². The minimum Gasteiger partial charge on any atom is -0.303 e. The lowest BCUT2D eigenvalue weighted by atomic mass is 9.98. The van der Waals surface area contributed by atoms with E-state index in [4.69, 9.17) is 5.84 Å². The number of nitrogens with two attached hydrogens (primary N) is 1. The third-order valence-electron chi connectivity index (χ3n) is 4.00. The van der Waals surface area contributed by atoms with E-state index in [-0.39, 0.29) is 0 Å². The van der Waals surface area contributed by atoms with Crippen LogP contribution in [0.4, 0.5) is 0 Å². The molecular formula is C14H30N4. The van der Waals surface area contributed by atoms with Crippen molar-refractivity contribution in [2.45, 2.75) is 44.2 Å². The molecule has 0 aromatic rings. The number of rotatable bonds is 8. The lowest BCUT2D eigenvalue weighted by molar-refractivity contribution is 0.0845. The highest BCUT2D eigenvalue weighted by molar-refractivity contribution is 4.87. The topological polar surface area (TPSA) is 44.5 Å². The Kier molecular flexibility index (Phi) is 7.51. The van der Waals surface area contributed by atoms with E-state index >= 15 is 0 Å². The monoisotopic (exact) mass is 254 g/mol. The highest BCUT2D eigenvalue weighted by Crippen LogP contribution is 2.15. The molecule has 1 fully saturated rings. The highest BCUT2D eigenvalue weighted by Gasteiger charge is 2.28. The Morgan fingerprint density at radius 1 is 1.33 bits per heavy atom. The van der Waals surface area contributed by atoms with Gasteiger partial charge in [-0.05, 0) is 33.4 Å². The molecule has 106 valence electrons. The molecule has 1 heterocycles. The minimum absolute atomic E-state index is 0.404. The molecule has 0 bridgehead atoms. The van der Waals surface area contributed by atoms with Crippen molar-refractivity contribution < 1.29 is 0 Å². The summed E-state index contributed by atoms with van der Waals surface area (Å²) in [6, 6.07) is 0.939. The molecule has 0 spiro atoms. The number of piperazine rings is 1. The number of unbranched alkanes of at least 4 members (excludes halogenated alkanes) is 3. The van der Waals surface area contributed by atoms with Gasteiger partial charge in [-0.15, -0.1) is 6.58 Å². The van der Waals surface area contributed by atoms with Crippen LogP contribution in [0.3, 0.4) is 0 Å². The van der Waals surface area contributed by atoms with Gasteiger partial charge in [0.2, 0.25) is 0 Å². The van der Waals surface area contributed by atoms with E-state index in [2.05, 4.69) is 35.9 Å². The molecule has 2 atom stereocenters. The Morgan fingerprint density at radius 3 is 2.78 bits per heavy atom. The van der Waals surface area contributed by atoms with E-state index in [9.17, 15) is 0 Å². The van der Waals surface area contributed by atoms with E-state index in [1.807, 2.05) is 6.08 Å². The van der Waals surface area contributed by atoms with Crippen LogP contribution in [0, 0.1) is 0 Å². The summed E-state index contributed by atoms with van der Waals surface area (Å²) in [6.45, 7) is 7.16. The van der Waals surface area contributed by atoms with Gasteiger partial charge >= 0.3 is 0 Å². The predicted molar refractivity (Wildman–Crippen MR) is 78.3 cm³/mol. The molecule has 4 heteroatoms. The molecule has 4 nitrogen and oxygen atoms in total. The Labute approximate surface area is 112 Å². The first-order valence-corrected chi connectivity index (χ1v) is 7.14. The van der Waals surface area contributed by atoms with Crippen LogP contribution in [0.15, 0.2) is 12.7 Å². The number of hydrogen-bond donors (Lipinski definition) is 2. The van der Waals surface area contributed by atoms with Crippen LogP contribution >= 0.6 is 0 Å². The minimum atomic E-state index is 0.404. The first kappa shape index (κ1) is 15.6. The first-order chi connectivity index (χ1) is 8.69. The lowest BCUT2D eigenvalue weighted by Crippen LogP contribution is -2.59. The van der Waals surface area contributed by atoms with Gasteiger partial charge in [0, 0.05) is 31.7 Å². The van der Waals surface area contributed by atoms with Crippen LogP contribution in [-0.4, -0.2) is 55.6 Å². The predicted octanol–water partition coefficient (Wildman–Crippen LogP) is 1.20. The fourth-order valence-electron chi connectivity index (χ4n) is 2.70. The van der Waals surface area contributed by atoms with Crippen LogP contribution in [0.2, 0.25) is 0 Å². The van der Waals surface area contributed by atoms with Gasteiger partial charge in [0.15, 0.2) is 0 Å². The van der Waals surface area contributed by atoms with Crippen LogP contribution in [-0.2, 0) is 0 Å². The average Bonchev–Trinajstić information content (AvgIpc) is 2.37. The van der Waals surface area contributed by atoms with Crippen molar-refractivity contribution in [2.24, 2.45) is 5.84 Å². The van der Waals surface area contributed by atoms with E-state index in [0.717, 1.165) is 32.5 Å². The van der Waals surface area contributed by atoms with E-state index in [0.29, 0.717) is 12.1 Å². The van der Waals surface area contributed by atoms with Crippen molar-refractivity contribution in [1.29, 1.82) is 0 Å². The summed E-state index contributed by atoms with van der Waals surface area (Å²) < 4.78 is 0. The summed E-state index contributed by atoms with van der Waals surface area (Å²) in [5.74, 6) is 5.74. The fraction of sp³-hybridized carbons (Fsp3) is 0.857. The summed E-state index contributed by atoms with van der Waals surface area (Å²) in [4.78, 5) is 4.83. The number of likely N-dealkylation sites (N-methyl/N-ethyl adjacent to an activating group) is 2. The molecule has 0 radical (unpaired) electrons. The largest absolute Gasteiger partial charge is 0.303 e. The molecule has 0 aromatic carbocycles. The normalized spacial score (nSPS) is 24.1. The second-order valence-corrected chi connectivity index (χ2v) is 5.51. The van der Waals surface area contributed by atoms with Crippen LogP contribution < -0.4 is 11.3 Å². The third kappa shape index (κ3) is 5.06. The summed E-state index contributed by atoms with van der Waals surface area (Å²) in [5.41, 5.74) is 3.03. The van der Waals surface area contributed by atoms with Gasteiger partial charge in [-0.2, -0.15) is 0 Å². The quantitative estimate of drug-likeness (QED) is 0.296. The zero-order valence-corrected chi connectivity index (χ0v) is 12.1. The summed E-state index contributed by atoms with van der Waals surface area (Å²) >= 11 is 0. The Hall–Kier alpha value is -0.420. The highest BCUT2D eigenvalue weighted by atomic mass is 15.3. The number of nitrogens with zero attached hydrogens (tertiary/aromatic N) is 2. The molecule has 18 heavy (non-hydrogen) atoms. The molecule has 1 aliphatic rings. The molecular weight excluding hydrogens is 224 g/mol. The van der Waals surface area contributed by atoms with Crippen LogP contribution in [0.5, 0.6) is 0 Å². The van der Waals surface area contributed by atoms with Crippen LogP contribution in [0.25, 0.3) is 0 Å². The summed E-state index contributed by atoms with van der Waals surface area (Å²) in [5, 5.41) is 0. The van der Waals surface area contributed by atoms with Crippen molar-refractivity contribution in [3.63, 3.8) is 0 Å². The maximum absolute atomic E-state index is 5.74. The number of allylic oxidation sites excluding steroid dienone is 1. The van der Waals surface area contributed by atoms with Crippen molar-refractivity contribution in [2.75, 3.05) is 33.7 Å². The number of hydrazine groups is 1. The zero-order chi connectivity index (χ0) is 13.4. The molecule has 2 unspecified atom stereocenters. The Bertz CT molecular complexity index is 232. The van der Waals surface area contributed by atoms with Crippen molar-refractivity contribution >= 4 is 0 Å². The molecule has 1 rings (SSSR count). The van der Waals surface area contributed by atoms with Crippen molar-refractivity contribution in [3.05, 3.63) is 12.7 Å². The average molecular weight is 254 g/mol. The molecule has 0 saturated carbocycles. The first-order valence-electron chi connectivity index (χ1n) is 7.14. The third-order valence-corrected chi connectivity index (χ3v) is 4.00. The van der Waals surface area contributed by atoms with Crippen molar-refractivity contribution in [3.8, 4) is 0 Å². The molecule has 0 aromatic heterocycles. The summed E-state index contributed by atoms with van der Waals surface area (Å²) in [6.07, 6.45) is 8.07. The van der Waals surface area contributed by atoms with Gasteiger partial charge in [0.1, 0.15) is 0 Å². The second kappa shape index (κ2) is 8.64. The molecule has 1 aliphatic heterocycles. The molecule has 3 N–H and O–H groups in total. The van der Waals surface area contributed by atoms with Gasteiger partial charge in [0.25, 0.3) is 0 Å². The molecule has 1 saturated heterocycles. The molecule has 0 aliphatic carbocycles. The smallest absolute Gasteiger partial charge is 0.0387 e. The van der Waals surface area contributed by atoms with Crippen molar-refractivity contribution in [1.82, 2.24) is 15.2 Å². The van der Waals surface area contributed by atoms with E-state index < -0.39 is 0 Å². The number of hydrogen-bond acceptors (Lipinski definition) is 4. The lowest BCUT2D eigenvalue weighted by Gasteiger charge is -2.41. The SMILES string of the molecule is C=CCCCCCC(NN)C1CN(C)CCN1C. The Balaban J connectivity index is 2.31. The van der Waals surface area contributed by atoms with Gasteiger partial charge in [0.05, 0.1) is 0 Å². The van der Waals surface area contributed by atoms with Crippen LogP contribution in [0.1, 0.15) is 32.1 Å². The molecule has 0 amide bonds. The second-order valence-electron chi connectivity index (χ2n) is 5.51. The maximum atomic E-state index is 5.74. The van der Waals surface area contributed by atoms with Gasteiger partial charge < -0.3 is 4.90 Å². The zero-order valence-electron chi connectivity index (χ0n) is 12.1. The van der Waals surface area contributed by atoms with Gasteiger partial charge in [-0.1, -0.05) is 18.9 Å². The van der Waals surface area contributed by atoms with Gasteiger partial charge in [-0.3, -0.25) is 16.2 Å².